The summed E-state index contributed by atoms with van der Waals surface area (Å²) in [5, 5.41) is 24.6. The Bertz CT molecular complexity index is 852. The lowest BCUT2D eigenvalue weighted by molar-refractivity contribution is -0.137. The Balaban J connectivity index is 1.64. The van der Waals surface area contributed by atoms with Crippen molar-refractivity contribution in [1.29, 1.82) is 0 Å². The van der Waals surface area contributed by atoms with Gasteiger partial charge in [0.05, 0.1) is 11.5 Å². The van der Waals surface area contributed by atoms with E-state index in [1.165, 1.54) is 4.31 Å². The third-order valence-electron chi connectivity index (χ3n) is 5.82. The third-order valence-corrected chi connectivity index (χ3v) is 7.73. The maximum atomic E-state index is 12.7. The molecule has 1 aliphatic rings. The molecule has 0 bridgehead atoms. The van der Waals surface area contributed by atoms with Crippen LogP contribution in [-0.4, -0.2) is 73.6 Å². The predicted molar refractivity (Wildman–Crippen MR) is 120 cm³/mol. The van der Waals surface area contributed by atoms with Gasteiger partial charge >= 0.3 is 0 Å². The number of aliphatic hydroxyl groups is 2. The Kier molecular flexibility index (Phi) is 9.63. The number of sulfonamides is 1. The van der Waals surface area contributed by atoms with Crippen LogP contribution in [-0.2, 0) is 19.6 Å². The predicted octanol–water partition coefficient (Wildman–Crippen LogP) is 0.479. The van der Waals surface area contributed by atoms with Gasteiger partial charge in [0.15, 0.2) is 0 Å². The van der Waals surface area contributed by atoms with E-state index in [1.54, 1.807) is 44.2 Å². The number of hydrogen-bond acceptors (Lipinski definition) is 6. The first-order chi connectivity index (χ1) is 15.1. The second kappa shape index (κ2) is 11.7. The van der Waals surface area contributed by atoms with Gasteiger partial charge in [0.1, 0.15) is 6.10 Å². The summed E-state index contributed by atoms with van der Waals surface area (Å²) < 4.78 is 26.8. The van der Waals surface area contributed by atoms with E-state index in [2.05, 4.69) is 10.6 Å². The normalized spacial score (nSPS) is 17.0. The van der Waals surface area contributed by atoms with Crippen molar-refractivity contribution in [2.24, 2.45) is 11.3 Å². The zero-order chi connectivity index (χ0) is 23.8. The minimum atomic E-state index is -3.48. The molecule has 1 aromatic carbocycles. The highest BCUT2D eigenvalue weighted by molar-refractivity contribution is 7.89. The molecule has 0 aromatic heterocycles. The molecule has 4 N–H and O–H groups in total. The number of amides is 2. The molecule has 10 heteroatoms. The molecule has 0 saturated carbocycles. The van der Waals surface area contributed by atoms with E-state index in [4.69, 9.17) is 0 Å². The number of carbonyl (C=O) groups is 2. The average Bonchev–Trinajstić information content (AvgIpc) is 2.80. The maximum Gasteiger partial charge on any atom is 0.249 e. The smallest absolute Gasteiger partial charge is 0.249 e. The van der Waals surface area contributed by atoms with Crippen LogP contribution in [0.1, 0.15) is 39.5 Å². The van der Waals surface area contributed by atoms with Crippen molar-refractivity contribution in [2.45, 2.75) is 50.5 Å². The van der Waals surface area contributed by atoms with Crippen LogP contribution in [0, 0.1) is 11.3 Å². The molecule has 1 aliphatic heterocycles. The Morgan fingerprint density at radius 2 is 1.78 bits per heavy atom. The van der Waals surface area contributed by atoms with Crippen LogP contribution >= 0.6 is 0 Å². The van der Waals surface area contributed by atoms with Gasteiger partial charge in [-0.05, 0) is 37.3 Å². The van der Waals surface area contributed by atoms with E-state index in [1.807, 2.05) is 0 Å². The Morgan fingerprint density at radius 1 is 1.16 bits per heavy atom. The summed E-state index contributed by atoms with van der Waals surface area (Å²) in [4.78, 5) is 24.3. The van der Waals surface area contributed by atoms with E-state index >= 15 is 0 Å². The second-order valence-electron chi connectivity index (χ2n) is 8.91. The summed E-state index contributed by atoms with van der Waals surface area (Å²) in [5.41, 5.74) is -0.933. The van der Waals surface area contributed by atoms with E-state index < -0.39 is 27.4 Å². The van der Waals surface area contributed by atoms with Crippen LogP contribution in [0.5, 0.6) is 0 Å². The van der Waals surface area contributed by atoms with Gasteiger partial charge in [0.2, 0.25) is 21.8 Å². The van der Waals surface area contributed by atoms with Gasteiger partial charge in [-0.2, -0.15) is 4.31 Å². The maximum absolute atomic E-state index is 12.7. The molecule has 1 heterocycles. The number of piperidine rings is 1. The molecule has 1 aromatic rings. The van der Waals surface area contributed by atoms with Crippen molar-refractivity contribution in [3.05, 3.63) is 30.3 Å². The molecule has 1 unspecified atom stereocenters. The van der Waals surface area contributed by atoms with Crippen LogP contribution in [0.15, 0.2) is 35.2 Å². The van der Waals surface area contributed by atoms with Crippen molar-refractivity contribution in [2.75, 3.05) is 32.8 Å². The van der Waals surface area contributed by atoms with Crippen molar-refractivity contribution >= 4 is 21.8 Å². The van der Waals surface area contributed by atoms with Crippen LogP contribution < -0.4 is 10.6 Å². The summed E-state index contributed by atoms with van der Waals surface area (Å²) in [6.45, 7) is 4.46. The monoisotopic (exact) mass is 469 g/mol. The molecule has 1 atom stereocenters. The van der Waals surface area contributed by atoms with Crippen molar-refractivity contribution in [3.63, 3.8) is 0 Å². The van der Waals surface area contributed by atoms with Crippen molar-refractivity contribution < 1.29 is 28.2 Å². The molecule has 0 radical (unpaired) electrons. The fourth-order valence-electron chi connectivity index (χ4n) is 3.44. The van der Waals surface area contributed by atoms with Crippen molar-refractivity contribution in [3.8, 4) is 0 Å². The van der Waals surface area contributed by atoms with Gasteiger partial charge in [-0.15, -0.1) is 0 Å². The van der Waals surface area contributed by atoms with E-state index in [0.717, 1.165) is 0 Å². The van der Waals surface area contributed by atoms with Gasteiger partial charge in [-0.3, -0.25) is 9.59 Å². The number of nitrogens with zero attached hydrogens (tertiary/aromatic N) is 1. The Labute approximate surface area is 190 Å². The zero-order valence-corrected chi connectivity index (χ0v) is 19.6. The highest BCUT2D eigenvalue weighted by atomic mass is 32.2. The zero-order valence-electron chi connectivity index (χ0n) is 18.8. The topological polar surface area (TPSA) is 136 Å². The summed E-state index contributed by atoms with van der Waals surface area (Å²) in [6, 6.07) is 8.39. The molecule has 32 heavy (non-hydrogen) atoms. The Hall–Kier alpha value is -2.01. The van der Waals surface area contributed by atoms with Crippen LogP contribution in [0.4, 0.5) is 0 Å². The highest BCUT2D eigenvalue weighted by Gasteiger charge is 2.33. The van der Waals surface area contributed by atoms with Gasteiger partial charge in [0.25, 0.3) is 0 Å². The molecular formula is C22H35N3O6S. The number of hydrogen-bond donors (Lipinski definition) is 4. The summed E-state index contributed by atoms with van der Waals surface area (Å²) in [6.07, 6.45) is 0.707. The first-order valence-electron chi connectivity index (χ1n) is 11.0. The van der Waals surface area contributed by atoms with Gasteiger partial charge in [-0.1, -0.05) is 32.0 Å². The molecule has 0 aliphatic carbocycles. The molecule has 0 spiro atoms. The molecule has 180 valence electrons. The second-order valence-corrected chi connectivity index (χ2v) is 10.8. The lowest BCUT2D eigenvalue weighted by Crippen LogP contribution is -2.45. The first-order valence-corrected chi connectivity index (χ1v) is 12.4. The summed E-state index contributed by atoms with van der Waals surface area (Å²) in [7, 11) is -3.48. The molecule has 2 rings (SSSR count). The first kappa shape index (κ1) is 26.2. The number of benzene rings is 1. The highest BCUT2D eigenvalue weighted by Crippen LogP contribution is 2.23. The molecule has 1 saturated heterocycles. The van der Waals surface area contributed by atoms with Crippen molar-refractivity contribution in [1.82, 2.24) is 14.9 Å². The van der Waals surface area contributed by atoms with Crippen LogP contribution in [0.25, 0.3) is 0 Å². The standard InChI is InChI=1S/C22H35N3O6S/c1-22(2,16-26)20(28)21(29)23-12-6-9-19(27)24-15-17-10-13-25(14-11-17)32(30,31)18-7-4-3-5-8-18/h3-5,7-8,17,20,26,28H,6,9-16H2,1-2H3,(H,23,29)(H,24,27). The quantitative estimate of drug-likeness (QED) is 0.348. The minimum absolute atomic E-state index is 0.130. The number of rotatable bonds is 11. The number of nitrogens with one attached hydrogen (secondary N) is 2. The summed E-state index contributed by atoms with van der Waals surface area (Å²) >= 11 is 0. The van der Waals surface area contributed by atoms with Gasteiger partial charge < -0.3 is 20.8 Å². The molecule has 1 fully saturated rings. The molecular weight excluding hydrogens is 434 g/mol. The van der Waals surface area contributed by atoms with Crippen LogP contribution in [0.2, 0.25) is 0 Å². The fourth-order valence-corrected chi connectivity index (χ4v) is 4.93. The number of carbonyl (C=O) groups excluding carboxylic acids is 2. The van der Waals surface area contributed by atoms with Gasteiger partial charge in [0, 0.05) is 38.0 Å². The van der Waals surface area contributed by atoms with E-state index in [-0.39, 0.29) is 31.4 Å². The fraction of sp³-hybridized carbons (Fsp3) is 0.636. The van der Waals surface area contributed by atoms with Crippen LogP contribution in [0.3, 0.4) is 0 Å². The lowest BCUT2D eigenvalue weighted by Gasteiger charge is -2.31. The molecule has 2 amide bonds. The largest absolute Gasteiger partial charge is 0.396 e. The average molecular weight is 470 g/mol. The van der Waals surface area contributed by atoms with E-state index in [0.29, 0.717) is 43.8 Å². The minimum Gasteiger partial charge on any atom is -0.396 e. The summed E-state index contributed by atoms with van der Waals surface area (Å²) in [5.74, 6) is -0.478. The third kappa shape index (κ3) is 7.26. The van der Waals surface area contributed by atoms with E-state index in [9.17, 15) is 28.2 Å². The van der Waals surface area contributed by atoms with Gasteiger partial charge in [-0.25, -0.2) is 8.42 Å². The number of aliphatic hydroxyl groups excluding tert-OH is 2. The molecule has 9 nitrogen and oxygen atoms in total. The lowest BCUT2D eigenvalue weighted by atomic mass is 9.87. The SMILES string of the molecule is CC(C)(CO)C(O)C(=O)NCCCC(=O)NCC1CCN(S(=O)(=O)c2ccccc2)CC1. The Morgan fingerprint density at radius 3 is 2.38 bits per heavy atom.